The monoisotopic (exact) mass is 290 g/mol. The fourth-order valence-electron chi connectivity index (χ4n) is 0.409. The zero-order chi connectivity index (χ0) is 15.0. The lowest BCUT2D eigenvalue weighted by molar-refractivity contribution is -0.353. The van der Waals surface area contributed by atoms with Crippen molar-refractivity contribution in [3.8, 4) is 0 Å². The summed E-state index contributed by atoms with van der Waals surface area (Å²) in [6, 6.07) is 0. The van der Waals surface area contributed by atoms with E-state index in [9.17, 15) is 39.9 Å². The SMILES string of the molecule is CC(F)(F)C(F)(F)OC(=O)OC(F)(F)C(C)(F)F. The van der Waals surface area contributed by atoms with Crippen molar-refractivity contribution in [3.63, 3.8) is 0 Å². The molecule has 0 aromatic rings. The molecule has 0 atom stereocenters. The Morgan fingerprint density at radius 3 is 1.11 bits per heavy atom. The van der Waals surface area contributed by atoms with Crippen LogP contribution in [0.3, 0.4) is 0 Å². The predicted molar refractivity (Wildman–Crippen MR) is 38.7 cm³/mol. The number of alkyl halides is 8. The number of hydrogen-bond acceptors (Lipinski definition) is 3. The summed E-state index contributed by atoms with van der Waals surface area (Å²) in [5.74, 6) is -9.81. The zero-order valence-electron chi connectivity index (χ0n) is 8.75. The molecule has 0 bridgehead atoms. The summed E-state index contributed by atoms with van der Waals surface area (Å²) >= 11 is 0. The molecule has 0 N–H and O–H groups in total. The van der Waals surface area contributed by atoms with E-state index in [0.717, 1.165) is 0 Å². The number of ether oxygens (including phenoxy) is 2. The minimum Gasteiger partial charge on any atom is -0.363 e. The van der Waals surface area contributed by atoms with Gasteiger partial charge in [0.25, 0.3) is 0 Å². The molecular formula is C7H6F8O3. The quantitative estimate of drug-likeness (QED) is 0.586. The molecule has 0 amide bonds. The van der Waals surface area contributed by atoms with Crippen molar-refractivity contribution in [2.45, 2.75) is 37.9 Å². The Balaban J connectivity index is 4.75. The third-order valence-corrected chi connectivity index (χ3v) is 1.45. The van der Waals surface area contributed by atoms with Gasteiger partial charge >= 0.3 is 30.2 Å². The highest BCUT2D eigenvalue weighted by Gasteiger charge is 2.60. The van der Waals surface area contributed by atoms with E-state index in [-0.39, 0.29) is 13.8 Å². The molecule has 0 spiro atoms. The first kappa shape index (κ1) is 16.7. The van der Waals surface area contributed by atoms with E-state index in [1.165, 1.54) is 0 Å². The Bertz CT molecular complexity index is 286. The average Bonchev–Trinajstić information content (AvgIpc) is 1.95. The van der Waals surface area contributed by atoms with Gasteiger partial charge in [-0.1, -0.05) is 0 Å². The van der Waals surface area contributed by atoms with Crippen LogP contribution in [0.15, 0.2) is 0 Å². The van der Waals surface area contributed by atoms with Crippen molar-refractivity contribution in [1.29, 1.82) is 0 Å². The number of carbonyl (C=O) groups is 1. The van der Waals surface area contributed by atoms with Crippen LogP contribution in [0.25, 0.3) is 0 Å². The summed E-state index contributed by atoms with van der Waals surface area (Å²) in [5, 5.41) is 0. The van der Waals surface area contributed by atoms with Gasteiger partial charge in [-0.25, -0.2) is 4.79 Å². The van der Waals surface area contributed by atoms with Crippen LogP contribution in [0.2, 0.25) is 0 Å². The molecule has 0 saturated carbocycles. The number of rotatable bonds is 4. The van der Waals surface area contributed by atoms with Crippen LogP contribution in [-0.4, -0.2) is 30.2 Å². The Morgan fingerprint density at radius 1 is 0.722 bits per heavy atom. The first-order valence-electron chi connectivity index (χ1n) is 4.03. The number of halogens is 8. The van der Waals surface area contributed by atoms with Gasteiger partial charge in [-0.15, -0.1) is 0 Å². The smallest absolute Gasteiger partial charge is 0.363 e. The van der Waals surface area contributed by atoms with Gasteiger partial charge in [0.15, 0.2) is 0 Å². The van der Waals surface area contributed by atoms with Crippen LogP contribution in [0.5, 0.6) is 0 Å². The molecule has 0 radical (unpaired) electrons. The van der Waals surface area contributed by atoms with E-state index in [0.29, 0.717) is 0 Å². The van der Waals surface area contributed by atoms with Crippen LogP contribution in [0, 0.1) is 0 Å². The largest absolute Gasteiger partial charge is 0.518 e. The topological polar surface area (TPSA) is 35.5 Å². The van der Waals surface area contributed by atoms with E-state index >= 15 is 0 Å². The highest BCUT2D eigenvalue weighted by atomic mass is 19.3. The highest BCUT2D eigenvalue weighted by Crippen LogP contribution is 2.38. The van der Waals surface area contributed by atoms with Crippen LogP contribution in [-0.2, 0) is 9.47 Å². The third kappa shape index (κ3) is 3.88. The third-order valence-electron chi connectivity index (χ3n) is 1.45. The Labute approximate surface area is 94.6 Å². The lowest BCUT2D eigenvalue weighted by Crippen LogP contribution is -2.46. The number of carbonyl (C=O) groups excluding carboxylic acids is 1. The molecule has 18 heavy (non-hydrogen) atoms. The molecular weight excluding hydrogens is 284 g/mol. The molecule has 11 heteroatoms. The first-order valence-corrected chi connectivity index (χ1v) is 4.03. The van der Waals surface area contributed by atoms with Crippen molar-refractivity contribution >= 4 is 6.16 Å². The van der Waals surface area contributed by atoms with Crippen molar-refractivity contribution in [3.05, 3.63) is 0 Å². The van der Waals surface area contributed by atoms with Gasteiger partial charge in [0.2, 0.25) is 0 Å². The maximum atomic E-state index is 12.3. The molecule has 0 aliphatic heterocycles. The average molecular weight is 290 g/mol. The van der Waals surface area contributed by atoms with Crippen molar-refractivity contribution in [2.24, 2.45) is 0 Å². The van der Waals surface area contributed by atoms with Gasteiger partial charge in [0, 0.05) is 13.8 Å². The minimum absolute atomic E-state index is 0.382. The Kier molecular flexibility index (Phi) is 4.11. The van der Waals surface area contributed by atoms with Crippen LogP contribution in [0.1, 0.15) is 13.8 Å². The van der Waals surface area contributed by atoms with E-state index < -0.39 is 30.2 Å². The van der Waals surface area contributed by atoms with E-state index in [4.69, 9.17) is 0 Å². The molecule has 0 aromatic heterocycles. The van der Waals surface area contributed by atoms with Gasteiger partial charge in [0.1, 0.15) is 0 Å². The molecule has 0 rings (SSSR count). The van der Waals surface area contributed by atoms with E-state index in [1.807, 2.05) is 0 Å². The molecule has 0 fully saturated rings. The zero-order valence-corrected chi connectivity index (χ0v) is 8.75. The van der Waals surface area contributed by atoms with Gasteiger partial charge in [0.05, 0.1) is 0 Å². The normalized spacial score (nSPS) is 14.3. The maximum Gasteiger partial charge on any atom is 0.518 e. The van der Waals surface area contributed by atoms with Gasteiger partial charge < -0.3 is 9.47 Å². The lowest BCUT2D eigenvalue weighted by atomic mass is 10.3. The molecule has 0 aliphatic carbocycles. The molecule has 0 unspecified atom stereocenters. The standard InChI is InChI=1S/C7H6F8O3/c1-4(8,9)6(12,13)17-3(16)18-7(14,15)5(2,10)11/h1-2H3. The maximum absolute atomic E-state index is 12.3. The minimum atomic E-state index is -5.48. The fraction of sp³-hybridized carbons (Fsp3) is 0.857. The number of hydrogen-bond donors (Lipinski definition) is 0. The summed E-state index contributed by atoms with van der Waals surface area (Å²) < 4.78 is 103. The molecule has 0 saturated heterocycles. The molecule has 0 aliphatic rings. The van der Waals surface area contributed by atoms with Gasteiger partial charge in [-0.3, -0.25) is 0 Å². The highest BCUT2D eigenvalue weighted by molar-refractivity contribution is 5.60. The molecule has 0 aromatic carbocycles. The van der Waals surface area contributed by atoms with E-state index in [1.54, 1.807) is 0 Å². The second-order valence-corrected chi connectivity index (χ2v) is 3.26. The van der Waals surface area contributed by atoms with Crippen LogP contribution < -0.4 is 0 Å². The van der Waals surface area contributed by atoms with Gasteiger partial charge in [-0.05, 0) is 0 Å². The molecule has 3 nitrogen and oxygen atoms in total. The summed E-state index contributed by atoms with van der Waals surface area (Å²) in [4.78, 5) is 10.3. The first-order chi connectivity index (χ1) is 7.60. The van der Waals surface area contributed by atoms with Crippen molar-refractivity contribution in [1.82, 2.24) is 0 Å². The molecule has 108 valence electrons. The van der Waals surface area contributed by atoms with Crippen LogP contribution in [0.4, 0.5) is 39.9 Å². The molecule has 0 heterocycles. The summed E-state index contributed by atoms with van der Waals surface area (Å²) in [6.07, 6.45) is -14.0. The fourth-order valence-corrected chi connectivity index (χ4v) is 0.409. The summed E-state index contributed by atoms with van der Waals surface area (Å²) in [5.41, 5.74) is 0. The summed E-state index contributed by atoms with van der Waals surface area (Å²) in [6.45, 7) is -0.764. The van der Waals surface area contributed by atoms with Gasteiger partial charge in [-0.2, -0.15) is 35.1 Å². The lowest BCUT2D eigenvalue weighted by Gasteiger charge is -2.25. The van der Waals surface area contributed by atoms with Crippen molar-refractivity contribution < 1.29 is 49.4 Å². The summed E-state index contributed by atoms with van der Waals surface area (Å²) in [7, 11) is 0. The van der Waals surface area contributed by atoms with E-state index in [2.05, 4.69) is 9.47 Å². The van der Waals surface area contributed by atoms with Crippen molar-refractivity contribution in [2.75, 3.05) is 0 Å². The van der Waals surface area contributed by atoms with Crippen LogP contribution >= 0.6 is 0 Å². The Hall–Kier alpha value is -1.29. The second kappa shape index (κ2) is 4.43. The Morgan fingerprint density at radius 2 is 0.944 bits per heavy atom. The second-order valence-electron chi connectivity index (χ2n) is 3.26. The predicted octanol–water partition coefficient (Wildman–Crippen LogP) is 3.64.